The van der Waals surface area contributed by atoms with Crippen LogP contribution in [0.1, 0.15) is 24.9 Å². The van der Waals surface area contributed by atoms with Crippen molar-refractivity contribution >= 4 is 0 Å². The fourth-order valence-corrected chi connectivity index (χ4v) is 1.66. The highest BCUT2D eigenvalue weighted by atomic mass is 16.5. The van der Waals surface area contributed by atoms with E-state index in [9.17, 15) is 0 Å². The van der Waals surface area contributed by atoms with Crippen molar-refractivity contribution < 1.29 is 9.47 Å². The Morgan fingerprint density at radius 1 is 1.57 bits per heavy atom. The van der Waals surface area contributed by atoms with Crippen LogP contribution in [-0.2, 0) is 0 Å². The van der Waals surface area contributed by atoms with Gasteiger partial charge in [-0.3, -0.25) is 0 Å². The predicted molar refractivity (Wildman–Crippen MR) is 54.7 cm³/mol. The Balaban J connectivity index is 2.31. The summed E-state index contributed by atoms with van der Waals surface area (Å²) in [5.74, 6) is 1.76. The molecule has 1 heterocycles. The number of ether oxygens (including phenoxy) is 2. The highest BCUT2D eigenvalue weighted by Gasteiger charge is 2.18. The molecule has 1 aliphatic heterocycles. The first-order valence-corrected chi connectivity index (χ1v) is 4.96. The summed E-state index contributed by atoms with van der Waals surface area (Å²) in [5, 5.41) is 0. The van der Waals surface area contributed by atoms with Gasteiger partial charge >= 0.3 is 0 Å². The summed E-state index contributed by atoms with van der Waals surface area (Å²) < 4.78 is 10.9. The first-order chi connectivity index (χ1) is 6.81. The van der Waals surface area contributed by atoms with Gasteiger partial charge in [-0.1, -0.05) is 0 Å². The quantitative estimate of drug-likeness (QED) is 0.779. The van der Waals surface area contributed by atoms with Gasteiger partial charge in [0, 0.05) is 18.0 Å². The second kappa shape index (κ2) is 3.88. The maximum Gasteiger partial charge on any atom is 0.124 e. The summed E-state index contributed by atoms with van der Waals surface area (Å²) >= 11 is 0. The number of hydrogen-bond donors (Lipinski definition) is 1. The fraction of sp³-hybridized carbons (Fsp3) is 0.455. The molecule has 0 radical (unpaired) electrons. The minimum absolute atomic E-state index is 0.0826. The first-order valence-electron chi connectivity index (χ1n) is 4.96. The maximum absolute atomic E-state index is 5.98. The Hall–Kier alpha value is -1.22. The molecule has 0 amide bonds. The third-order valence-corrected chi connectivity index (χ3v) is 2.38. The minimum Gasteiger partial charge on any atom is -0.494 e. The van der Waals surface area contributed by atoms with Crippen LogP contribution in [0.15, 0.2) is 18.2 Å². The van der Waals surface area contributed by atoms with Crippen LogP contribution in [0.2, 0.25) is 0 Å². The average Bonchev–Trinajstić information content (AvgIpc) is 2.20. The molecule has 1 aromatic carbocycles. The van der Waals surface area contributed by atoms with Crippen molar-refractivity contribution in [1.82, 2.24) is 0 Å². The van der Waals surface area contributed by atoms with E-state index in [4.69, 9.17) is 15.2 Å². The zero-order valence-electron chi connectivity index (χ0n) is 8.32. The molecule has 76 valence electrons. The van der Waals surface area contributed by atoms with Crippen molar-refractivity contribution in [2.45, 2.75) is 19.4 Å². The van der Waals surface area contributed by atoms with E-state index in [1.807, 2.05) is 25.1 Å². The molecule has 0 spiro atoms. The highest BCUT2D eigenvalue weighted by molar-refractivity contribution is 5.43. The van der Waals surface area contributed by atoms with Gasteiger partial charge in [0.15, 0.2) is 0 Å². The molecule has 0 fully saturated rings. The molecule has 0 saturated heterocycles. The third kappa shape index (κ3) is 1.68. The van der Waals surface area contributed by atoms with Gasteiger partial charge < -0.3 is 15.2 Å². The summed E-state index contributed by atoms with van der Waals surface area (Å²) in [5.41, 5.74) is 7.03. The Bertz CT molecular complexity index is 325. The second-order valence-corrected chi connectivity index (χ2v) is 3.38. The van der Waals surface area contributed by atoms with Crippen LogP contribution in [0.3, 0.4) is 0 Å². The normalized spacial score (nSPS) is 19.7. The van der Waals surface area contributed by atoms with Gasteiger partial charge in [-0.15, -0.1) is 0 Å². The molecule has 1 aromatic rings. The van der Waals surface area contributed by atoms with E-state index in [0.717, 1.165) is 23.5 Å². The number of fused-ring (bicyclic) bond motifs is 1. The number of rotatable bonds is 2. The SMILES string of the molecule is CCOc1ccc2c(c1)[C@H](N)CCO2. The van der Waals surface area contributed by atoms with Gasteiger partial charge in [-0.2, -0.15) is 0 Å². The molecule has 2 N–H and O–H groups in total. The van der Waals surface area contributed by atoms with Crippen molar-refractivity contribution in [2.75, 3.05) is 13.2 Å². The van der Waals surface area contributed by atoms with E-state index >= 15 is 0 Å². The van der Waals surface area contributed by atoms with E-state index in [0.29, 0.717) is 13.2 Å². The number of nitrogens with two attached hydrogens (primary N) is 1. The Morgan fingerprint density at radius 2 is 2.43 bits per heavy atom. The smallest absolute Gasteiger partial charge is 0.124 e. The molecule has 0 bridgehead atoms. The standard InChI is InChI=1S/C11H15NO2/c1-2-13-8-3-4-11-9(7-8)10(12)5-6-14-11/h3-4,7,10H,2,5-6,12H2,1H3/t10-/m1/s1. The Kier molecular flexibility index (Phi) is 2.59. The summed E-state index contributed by atoms with van der Waals surface area (Å²) in [6, 6.07) is 5.90. The lowest BCUT2D eigenvalue weighted by Gasteiger charge is -2.23. The van der Waals surface area contributed by atoms with E-state index in [1.165, 1.54) is 0 Å². The van der Waals surface area contributed by atoms with Gasteiger partial charge in [0.2, 0.25) is 0 Å². The molecule has 3 nitrogen and oxygen atoms in total. The van der Waals surface area contributed by atoms with Crippen molar-refractivity contribution in [3.8, 4) is 11.5 Å². The third-order valence-electron chi connectivity index (χ3n) is 2.38. The van der Waals surface area contributed by atoms with Crippen molar-refractivity contribution in [3.05, 3.63) is 23.8 Å². The van der Waals surface area contributed by atoms with Gasteiger partial charge in [0.1, 0.15) is 11.5 Å². The molecular weight excluding hydrogens is 178 g/mol. The molecule has 0 unspecified atom stereocenters. The van der Waals surface area contributed by atoms with Crippen LogP contribution in [0.25, 0.3) is 0 Å². The molecule has 2 rings (SSSR count). The Morgan fingerprint density at radius 3 is 3.21 bits per heavy atom. The van der Waals surface area contributed by atoms with Crippen LogP contribution >= 0.6 is 0 Å². The minimum atomic E-state index is 0.0826. The zero-order chi connectivity index (χ0) is 9.97. The van der Waals surface area contributed by atoms with Crippen LogP contribution in [0.5, 0.6) is 11.5 Å². The van der Waals surface area contributed by atoms with E-state index in [1.54, 1.807) is 0 Å². The highest BCUT2D eigenvalue weighted by Crippen LogP contribution is 2.33. The first kappa shape index (κ1) is 9.34. The lowest BCUT2D eigenvalue weighted by molar-refractivity contribution is 0.267. The molecule has 1 aliphatic rings. The van der Waals surface area contributed by atoms with Crippen molar-refractivity contribution in [2.24, 2.45) is 5.73 Å². The maximum atomic E-state index is 5.98. The van der Waals surface area contributed by atoms with E-state index in [-0.39, 0.29) is 6.04 Å². The van der Waals surface area contributed by atoms with Crippen LogP contribution in [0, 0.1) is 0 Å². The van der Waals surface area contributed by atoms with E-state index < -0.39 is 0 Å². The molecule has 3 heteroatoms. The predicted octanol–water partition coefficient (Wildman–Crippen LogP) is 1.87. The fourth-order valence-electron chi connectivity index (χ4n) is 1.66. The monoisotopic (exact) mass is 193 g/mol. The van der Waals surface area contributed by atoms with E-state index in [2.05, 4.69) is 0 Å². The lowest BCUT2D eigenvalue weighted by atomic mass is 10.0. The number of benzene rings is 1. The molecule has 0 saturated carbocycles. The molecule has 0 aromatic heterocycles. The Labute approximate surface area is 83.8 Å². The molecule has 14 heavy (non-hydrogen) atoms. The van der Waals surface area contributed by atoms with Crippen molar-refractivity contribution in [3.63, 3.8) is 0 Å². The molecule has 0 aliphatic carbocycles. The molecular formula is C11H15NO2. The van der Waals surface area contributed by atoms with Crippen LogP contribution < -0.4 is 15.2 Å². The lowest BCUT2D eigenvalue weighted by Crippen LogP contribution is -2.20. The largest absolute Gasteiger partial charge is 0.494 e. The summed E-state index contributed by atoms with van der Waals surface area (Å²) in [6.07, 6.45) is 0.878. The van der Waals surface area contributed by atoms with Gasteiger partial charge in [0.05, 0.1) is 13.2 Å². The van der Waals surface area contributed by atoms with Gasteiger partial charge in [-0.25, -0.2) is 0 Å². The zero-order valence-corrected chi connectivity index (χ0v) is 8.32. The van der Waals surface area contributed by atoms with Crippen molar-refractivity contribution in [1.29, 1.82) is 0 Å². The summed E-state index contributed by atoms with van der Waals surface area (Å²) in [6.45, 7) is 3.35. The summed E-state index contributed by atoms with van der Waals surface area (Å²) in [7, 11) is 0. The van der Waals surface area contributed by atoms with Crippen LogP contribution in [0.4, 0.5) is 0 Å². The average molecular weight is 193 g/mol. The summed E-state index contributed by atoms with van der Waals surface area (Å²) in [4.78, 5) is 0. The number of hydrogen-bond acceptors (Lipinski definition) is 3. The second-order valence-electron chi connectivity index (χ2n) is 3.38. The van der Waals surface area contributed by atoms with Gasteiger partial charge in [0.25, 0.3) is 0 Å². The topological polar surface area (TPSA) is 44.5 Å². The molecule has 1 atom stereocenters. The van der Waals surface area contributed by atoms with Gasteiger partial charge in [-0.05, 0) is 25.1 Å². The van der Waals surface area contributed by atoms with Crippen LogP contribution in [-0.4, -0.2) is 13.2 Å².